The molecule has 1 aliphatic heterocycles. The number of benzene rings is 1. The van der Waals surface area contributed by atoms with Crippen LogP contribution in [0.25, 0.3) is 10.8 Å². The minimum atomic E-state index is -0.318. The summed E-state index contributed by atoms with van der Waals surface area (Å²) in [6.45, 7) is 2.26. The van der Waals surface area contributed by atoms with E-state index in [1.807, 2.05) is 4.90 Å². The van der Waals surface area contributed by atoms with Crippen LogP contribution in [0.2, 0.25) is 0 Å². The predicted octanol–water partition coefficient (Wildman–Crippen LogP) is 0.277. The van der Waals surface area contributed by atoms with Crippen molar-refractivity contribution in [1.29, 1.82) is 0 Å². The number of rotatable bonds is 4. The number of likely N-dealkylation sites (tertiary alicyclic amines) is 1. The summed E-state index contributed by atoms with van der Waals surface area (Å²) < 4.78 is 1.23. The van der Waals surface area contributed by atoms with E-state index in [2.05, 4.69) is 5.10 Å². The van der Waals surface area contributed by atoms with Crippen molar-refractivity contribution in [3.63, 3.8) is 0 Å². The van der Waals surface area contributed by atoms with E-state index in [9.17, 15) is 14.4 Å². The molecule has 0 spiro atoms. The zero-order valence-corrected chi connectivity index (χ0v) is 13.5. The summed E-state index contributed by atoms with van der Waals surface area (Å²) in [5.74, 6) is 0.500. The van der Waals surface area contributed by atoms with Gasteiger partial charge in [-0.05, 0) is 37.4 Å². The zero-order valence-electron chi connectivity index (χ0n) is 13.5. The van der Waals surface area contributed by atoms with Crippen molar-refractivity contribution in [3.8, 4) is 0 Å². The monoisotopic (exact) mass is 330 g/mol. The Morgan fingerprint density at radius 1 is 1.17 bits per heavy atom. The molecule has 1 amide bonds. The van der Waals surface area contributed by atoms with Gasteiger partial charge in [0.05, 0.1) is 17.3 Å². The number of aromatic nitrogens is 2. The zero-order chi connectivity index (χ0) is 17.1. The molecule has 7 nitrogen and oxygen atoms in total. The molecule has 3 N–H and O–H groups in total. The average Bonchev–Trinajstić information content (AvgIpc) is 2.63. The Bertz CT molecular complexity index is 847. The van der Waals surface area contributed by atoms with Crippen LogP contribution in [0.5, 0.6) is 0 Å². The highest BCUT2D eigenvalue weighted by Crippen LogP contribution is 2.16. The van der Waals surface area contributed by atoms with Crippen molar-refractivity contribution < 1.29 is 4.79 Å². The molecule has 0 saturated carbocycles. The highest BCUT2D eigenvalue weighted by Gasteiger charge is 2.21. The van der Waals surface area contributed by atoms with E-state index in [1.54, 1.807) is 24.3 Å². The van der Waals surface area contributed by atoms with E-state index < -0.39 is 0 Å². The highest BCUT2D eigenvalue weighted by atomic mass is 16.2. The first-order valence-corrected chi connectivity index (χ1v) is 8.30. The van der Waals surface area contributed by atoms with Gasteiger partial charge in [0, 0.05) is 19.5 Å². The number of aryl methyl sites for hydroxylation is 1. The molecule has 0 bridgehead atoms. The number of hydrogen-bond acceptors (Lipinski definition) is 4. The van der Waals surface area contributed by atoms with Gasteiger partial charge in [-0.3, -0.25) is 19.5 Å². The molecule has 1 aliphatic rings. The van der Waals surface area contributed by atoms with E-state index in [1.165, 1.54) is 4.68 Å². The van der Waals surface area contributed by atoms with Crippen LogP contribution in [-0.2, 0) is 11.3 Å². The molecule has 1 saturated heterocycles. The van der Waals surface area contributed by atoms with Gasteiger partial charge in [-0.1, -0.05) is 12.1 Å². The number of H-pyrrole nitrogens is 1. The number of nitrogens with one attached hydrogen (secondary N) is 1. The number of piperidine rings is 1. The van der Waals surface area contributed by atoms with Gasteiger partial charge in [-0.15, -0.1) is 0 Å². The molecule has 1 aromatic carbocycles. The second-order valence-electron chi connectivity index (χ2n) is 6.25. The summed E-state index contributed by atoms with van der Waals surface area (Å²) >= 11 is 0. The Morgan fingerprint density at radius 3 is 2.50 bits per heavy atom. The molecule has 0 atom stereocenters. The second-order valence-corrected chi connectivity index (χ2v) is 6.25. The molecule has 2 heterocycles. The molecular formula is C17H22N4O3. The lowest BCUT2D eigenvalue weighted by Crippen LogP contribution is -2.41. The molecule has 3 rings (SSSR count). The van der Waals surface area contributed by atoms with E-state index in [-0.39, 0.29) is 30.0 Å². The first kappa shape index (κ1) is 16.4. The van der Waals surface area contributed by atoms with E-state index in [4.69, 9.17) is 5.73 Å². The molecule has 2 aromatic rings. The number of fused-ring (bicyclic) bond motifs is 1. The minimum Gasteiger partial charge on any atom is -0.343 e. The molecule has 0 radical (unpaired) electrons. The Morgan fingerprint density at radius 2 is 1.83 bits per heavy atom. The van der Waals surface area contributed by atoms with E-state index >= 15 is 0 Å². The third-order valence-electron chi connectivity index (χ3n) is 4.73. The van der Waals surface area contributed by atoms with Crippen LogP contribution in [0.4, 0.5) is 0 Å². The molecule has 1 aromatic heterocycles. The SMILES string of the molecule is NCC1CCN(C(=O)CCn2[nH]c(=O)c3ccccc3c2=O)CC1. The number of aromatic amines is 1. The van der Waals surface area contributed by atoms with Crippen LogP contribution in [0.15, 0.2) is 33.9 Å². The van der Waals surface area contributed by atoms with Crippen LogP contribution < -0.4 is 16.9 Å². The molecule has 1 fully saturated rings. The number of amides is 1. The summed E-state index contributed by atoms with van der Waals surface area (Å²) in [5, 5.41) is 3.30. The van der Waals surface area contributed by atoms with E-state index in [0.717, 1.165) is 12.8 Å². The number of nitrogens with zero attached hydrogens (tertiary/aromatic N) is 2. The Kier molecular flexibility index (Phi) is 4.80. The van der Waals surface area contributed by atoms with Gasteiger partial charge < -0.3 is 10.6 Å². The summed E-state index contributed by atoms with van der Waals surface area (Å²) in [4.78, 5) is 38.6. The third-order valence-corrected chi connectivity index (χ3v) is 4.73. The summed E-state index contributed by atoms with van der Waals surface area (Å²) in [6, 6.07) is 6.69. The summed E-state index contributed by atoms with van der Waals surface area (Å²) in [5.41, 5.74) is 5.06. The lowest BCUT2D eigenvalue weighted by atomic mass is 9.97. The fourth-order valence-electron chi connectivity index (χ4n) is 3.19. The van der Waals surface area contributed by atoms with Crippen molar-refractivity contribution in [2.24, 2.45) is 11.7 Å². The standard InChI is InChI=1S/C17H22N4O3/c18-11-12-5-8-20(9-6-12)15(22)7-10-21-17(24)14-4-2-1-3-13(14)16(23)19-21/h1-4,12H,5-11,18H2,(H,19,23). The quantitative estimate of drug-likeness (QED) is 0.840. The van der Waals surface area contributed by atoms with Crippen LogP contribution in [0.1, 0.15) is 19.3 Å². The van der Waals surface area contributed by atoms with E-state index in [0.29, 0.717) is 36.3 Å². The highest BCUT2D eigenvalue weighted by molar-refractivity contribution is 5.80. The van der Waals surface area contributed by atoms with Gasteiger partial charge in [0.2, 0.25) is 5.91 Å². The van der Waals surface area contributed by atoms with Crippen LogP contribution in [0.3, 0.4) is 0 Å². The second kappa shape index (κ2) is 7.00. The van der Waals surface area contributed by atoms with Crippen molar-refractivity contribution in [2.45, 2.75) is 25.8 Å². The van der Waals surface area contributed by atoms with Gasteiger partial charge in [0.1, 0.15) is 0 Å². The first-order valence-electron chi connectivity index (χ1n) is 8.30. The fourth-order valence-corrected chi connectivity index (χ4v) is 3.19. The van der Waals surface area contributed by atoms with Crippen LogP contribution >= 0.6 is 0 Å². The molecule has 0 unspecified atom stereocenters. The minimum absolute atomic E-state index is 0.00591. The van der Waals surface area contributed by atoms with Crippen LogP contribution in [0, 0.1) is 5.92 Å². The Hall–Kier alpha value is -2.41. The van der Waals surface area contributed by atoms with Crippen molar-refractivity contribution in [3.05, 3.63) is 45.0 Å². The molecule has 0 aliphatic carbocycles. The van der Waals surface area contributed by atoms with Crippen LogP contribution in [-0.4, -0.2) is 40.2 Å². The maximum Gasteiger partial charge on any atom is 0.273 e. The molecule has 128 valence electrons. The maximum atomic E-state index is 12.4. The van der Waals surface area contributed by atoms with Gasteiger partial charge in [0.15, 0.2) is 0 Å². The fraction of sp³-hybridized carbons (Fsp3) is 0.471. The van der Waals surface area contributed by atoms with Gasteiger partial charge in [0.25, 0.3) is 11.1 Å². The summed E-state index contributed by atoms with van der Waals surface area (Å²) in [7, 11) is 0. The summed E-state index contributed by atoms with van der Waals surface area (Å²) in [6.07, 6.45) is 2.05. The molecule has 7 heteroatoms. The Labute approximate surface area is 139 Å². The lowest BCUT2D eigenvalue weighted by molar-refractivity contribution is -0.132. The smallest absolute Gasteiger partial charge is 0.273 e. The van der Waals surface area contributed by atoms with Gasteiger partial charge >= 0.3 is 0 Å². The number of nitrogens with two attached hydrogens (primary N) is 1. The average molecular weight is 330 g/mol. The molecule has 24 heavy (non-hydrogen) atoms. The van der Waals surface area contributed by atoms with Gasteiger partial charge in [-0.25, -0.2) is 4.68 Å². The van der Waals surface area contributed by atoms with Gasteiger partial charge in [-0.2, -0.15) is 0 Å². The largest absolute Gasteiger partial charge is 0.343 e. The van der Waals surface area contributed by atoms with Crippen molar-refractivity contribution in [2.75, 3.05) is 19.6 Å². The maximum absolute atomic E-state index is 12.4. The normalized spacial score (nSPS) is 15.8. The first-order chi connectivity index (χ1) is 11.6. The van der Waals surface area contributed by atoms with Crippen molar-refractivity contribution >= 4 is 16.7 Å². The Balaban J connectivity index is 1.70. The topological polar surface area (TPSA) is 101 Å². The van der Waals surface area contributed by atoms with Crippen molar-refractivity contribution in [1.82, 2.24) is 14.7 Å². The number of carbonyl (C=O) groups is 1. The lowest BCUT2D eigenvalue weighted by Gasteiger charge is -2.31. The molecular weight excluding hydrogens is 308 g/mol. The number of carbonyl (C=O) groups excluding carboxylic acids is 1. The number of hydrogen-bond donors (Lipinski definition) is 2. The third kappa shape index (κ3) is 3.26. The predicted molar refractivity (Wildman–Crippen MR) is 91.8 cm³/mol.